The molecule has 0 saturated carbocycles. The summed E-state index contributed by atoms with van der Waals surface area (Å²) < 4.78 is 1.75. The van der Waals surface area contributed by atoms with Gasteiger partial charge in [0.25, 0.3) is 0 Å². The van der Waals surface area contributed by atoms with E-state index in [1.807, 2.05) is 30.3 Å². The molecular weight excluding hydrogens is 240 g/mol. The first-order chi connectivity index (χ1) is 9.24. The summed E-state index contributed by atoms with van der Waals surface area (Å²) in [5, 5.41) is 21.6. The minimum Gasteiger partial charge on any atom is -0.396 e. The molecule has 0 aliphatic carbocycles. The molecule has 0 radical (unpaired) electrons. The predicted octanol–water partition coefficient (Wildman–Crippen LogP) is 2.00. The number of hydrogen-bond acceptors (Lipinski definition) is 4. The van der Waals surface area contributed by atoms with Gasteiger partial charge in [0.15, 0.2) is 5.82 Å². The minimum absolute atomic E-state index is 0.138. The molecule has 0 saturated heterocycles. The zero-order valence-electron chi connectivity index (χ0n) is 11.5. The molecule has 2 aromatic rings. The monoisotopic (exact) mass is 260 g/mol. The highest BCUT2D eigenvalue weighted by Gasteiger charge is 2.28. The van der Waals surface area contributed by atoms with Crippen LogP contribution in [0.5, 0.6) is 0 Å². The van der Waals surface area contributed by atoms with Crippen molar-refractivity contribution in [2.75, 3.05) is 6.61 Å². The molecule has 0 fully saturated rings. The maximum atomic E-state index is 9.66. The maximum Gasteiger partial charge on any atom is 0.157 e. The Kier molecular flexibility index (Phi) is 4.27. The fraction of sp³-hybridized carbons (Fsp3) is 0.500. The second-order valence-electron chi connectivity index (χ2n) is 4.88. The van der Waals surface area contributed by atoms with Gasteiger partial charge < -0.3 is 5.11 Å². The molecule has 102 valence electrons. The molecule has 2 rings (SSSR count). The number of aromatic nitrogens is 4. The summed E-state index contributed by atoms with van der Waals surface area (Å²) in [4.78, 5) is 0. The van der Waals surface area contributed by atoms with Crippen molar-refractivity contribution in [2.45, 2.75) is 33.1 Å². The minimum atomic E-state index is -0.138. The van der Waals surface area contributed by atoms with Crippen molar-refractivity contribution in [2.24, 2.45) is 5.41 Å². The summed E-state index contributed by atoms with van der Waals surface area (Å²) >= 11 is 0. The first-order valence-electron chi connectivity index (χ1n) is 6.68. The molecule has 1 heterocycles. The van der Waals surface area contributed by atoms with E-state index in [2.05, 4.69) is 29.4 Å². The molecule has 5 nitrogen and oxygen atoms in total. The van der Waals surface area contributed by atoms with Crippen LogP contribution < -0.4 is 0 Å². The van der Waals surface area contributed by atoms with Gasteiger partial charge in [-0.3, -0.25) is 0 Å². The van der Waals surface area contributed by atoms with Crippen LogP contribution in [0.4, 0.5) is 0 Å². The van der Waals surface area contributed by atoms with Crippen molar-refractivity contribution in [1.29, 1.82) is 0 Å². The van der Waals surface area contributed by atoms with Crippen LogP contribution in [0.25, 0.3) is 5.69 Å². The Hall–Kier alpha value is -1.75. The number of aliphatic hydroxyl groups is 1. The lowest BCUT2D eigenvalue weighted by Crippen LogP contribution is -2.28. The van der Waals surface area contributed by atoms with Crippen molar-refractivity contribution < 1.29 is 5.11 Å². The average molecular weight is 260 g/mol. The van der Waals surface area contributed by atoms with E-state index in [-0.39, 0.29) is 12.0 Å². The van der Waals surface area contributed by atoms with Crippen LogP contribution in [-0.4, -0.2) is 31.9 Å². The first-order valence-corrected chi connectivity index (χ1v) is 6.68. The standard InChI is InChI=1S/C14H20N4O/c1-3-14(4-2,11-19)10-13-15-16-17-18(13)12-8-6-5-7-9-12/h5-9,19H,3-4,10-11H2,1-2H3. The number of rotatable bonds is 6. The van der Waals surface area contributed by atoms with Gasteiger partial charge in [-0.2, -0.15) is 4.68 Å². The fourth-order valence-corrected chi connectivity index (χ4v) is 2.20. The third-order valence-electron chi connectivity index (χ3n) is 3.90. The number of para-hydroxylation sites is 1. The normalized spacial score (nSPS) is 11.7. The summed E-state index contributed by atoms with van der Waals surface area (Å²) in [6.45, 7) is 4.34. The number of nitrogens with zero attached hydrogens (tertiary/aromatic N) is 4. The van der Waals surface area contributed by atoms with E-state index in [0.717, 1.165) is 24.4 Å². The lowest BCUT2D eigenvalue weighted by Gasteiger charge is -2.28. The smallest absolute Gasteiger partial charge is 0.157 e. The van der Waals surface area contributed by atoms with Gasteiger partial charge in [0, 0.05) is 18.4 Å². The zero-order chi connectivity index (χ0) is 13.7. The Balaban J connectivity index is 2.30. The Morgan fingerprint density at radius 1 is 1.16 bits per heavy atom. The van der Waals surface area contributed by atoms with E-state index in [1.165, 1.54) is 0 Å². The van der Waals surface area contributed by atoms with E-state index >= 15 is 0 Å². The highest BCUT2D eigenvalue weighted by molar-refractivity contribution is 5.30. The molecule has 19 heavy (non-hydrogen) atoms. The van der Waals surface area contributed by atoms with Gasteiger partial charge in [-0.15, -0.1) is 5.10 Å². The molecule has 0 aliphatic rings. The number of aliphatic hydroxyl groups excluding tert-OH is 1. The van der Waals surface area contributed by atoms with Crippen LogP contribution in [0.2, 0.25) is 0 Å². The van der Waals surface area contributed by atoms with E-state index < -0.39 is 0 Å². The summed E-state index contributed by atoms with van der Waals surface area (Å²) in [5.74, 6) is 0.795. The summed E-state index contributed by atoms with van der Waals surface area (Å²) in [6.07, 6.45) is 2.49. The third-order valence-corrected chi connectivity index (χ3v) is 3.90. The van der Waals surface area contributed by atoms with E-state index in [9.17, 15) is 5.11 Å². The van der Waals surface area contributed by atoms with Gasteiger partial charge in [-0.05, 0) is 35.4 Å². The van der Waals surface area contributed by atoms with Crippen LogP contribution in [0.3, 0.4) is 0 Å². The van der Waals surface area contributed by atoms with Gasteiger partial charge in [-0.1, -0.05) is 32.0 Å². The molecule has 0 atom stereocenters. The van der Waals surface area contributed by atoms with Crippen LogP contribution in [0.1, 0.15) is 32.5 Å². The quantitative estimate of drug-likeness (QED) is 0.863. The molecule has 0 unspecified atom stereocenters. The van der Waals surface area contributed by atoms with Gasteiger partial charge in [0.05, 0.1) is 5.69 Å². The Morgan fingerprint density at radius 2 is 1.84 bits per heavy atom. The molecule has 0 aliphatic heterocycles. The van der Waals surface area contributed by atoms with E-state index in [0.29, 0.717) is 6.42 Å². The van der Waals surface area contributed by atoms with Crippen LogP contribution in [-0.2, 0) is 6.42 Å². The Morgan fingerprint density at radius 3 is 2.42 bits per heavy atom. The molecule has 0 bridgehead atoms. The Bertz CT molecular complexity index is 497. The van der Waals surface area contributed by atoms with Crippen LogP contribution in [0.15, 0.2) is 30.3 Å². The van der Waals surface area contributed by atoms with Crippen molar-refractivity contribution >= 4 is 0 Å². The largest absolute Gasteiger partial charge is 0.396 e. The summed E-state index contributed by atoms with van der Waals surface area (Å²) in [6, 6.07) is 9.82. The highest BCUT2D eigenvalue weighted by atomic mass is 16.3. The molecular formula is C14H20N4O. The SMILES string of the molecule is CCC(CC)(CO)Cc1nnnn1-c1ccccc1. The van der Waals surface area contributed by atoms with Crippen molar-refractivity contribution in [3.63, 3.8) is 0 Å². The Labute approximate surface area is 113 Å². The van der Waals surface area contributed by atoms with Crippen molar-refractivity contribution in [3.8, 4) is 5.69 Å². The topological polar surface area (TPSA) is 63.8 Å². The molecule has 0 spiro atoms. The van der Waals surface area contributed by atoms with Gasteiger partial charge in [0.1, 0.15) is 0 Å². The van der Waals surface area contributed by atoms with E-state index in [1.54, 1.807) is 4.68 Å². The second kappa shape index (κ2) is 5.93. The predicted molar refractivity (Wildman–Crippen MR) is 73.0 cm³/mol. The number of tetrazole rings is 1. The second-order valence-corrected chi connectivity index (χ2v) is 4.88. The third kappa shape index (κ3) is 2.81. The first kappa shape index (κ1) is 13.7. The van der Waals surface area contributed by atoms with Gasteiger partial charge in [0.2, 0.25) is 0 Å². The van der Waals surface area contributed by atoms with Crippen molar-refractivity contribution in [3.05, 3.63) is 36.2 Å². The fourth-order valence-electron chi connectivity index (χ4n) is 2.20. The molecule has 5 heteroatoms. The summed E-state index contributed by atoms with van der Waals surface area (Å²) in [7, 11) is 0. The molecule has 1 N–H and O–H groups in total. The average Bonchev–Trinajstić information content (AvgIpc) is 2.94. The molecule has 0 amide bonds. The number of benzene rings is 1. The zero-order valence-corrected chi connectivity index (χ0v) is 11.5. The highest BCUT2D eigenvalue weighted by Crippen LogP contribution is 2.29. The summed E-state index contributed by atoms with van der Waals surface area (Å²) in [5.41, 5.74) is 0.808. The lowest BCUT2D eigenvalue weighted by molar-refractivity contribution is 0.112. The maximum absolute atomic E-state index is 9.66. The molecule has 1 aromatic heterocycles. The molecule has 1 aromatic carbocycles. The lowest BCUT2D eigenvalue weighted by atomic mass is 9.80. The van der Waals surface area contributed by atoms with Crippen LogP contribution in [0, 0.1) is 5.41 Å². The van der Waals surface area contributed by atoms with Gasteiger partial charge in [-0.25, -0.2) is 0 Å². The van der Waals surface area contributed by atoms with E-state index in [4.69, 9.17) is 0 Å². The van der Waals surface area contributed by atoms with Gasteiger partial charge >= 0.3 is 0 Å². The number of hydrogen-bond donors (Lipinski definition) is 1. The van der Waals surface area contributed by atoms with Crippen LogP contribution >= 0.6 is 0 Å². The van der Waals surface area contributed by atoms with Crippen molar-refractivity contribution in [1.82, 2.24) is 20.2 Å².